The molecule has 178 valence electrons. The highest BCUT2D eigenvalue weighted by molar-refractivity contribution is 5.76. The average molecular weight is 471 g/mol. The Morgan fingerprint density at radius 3 is 2.54 bits per heavy atom. The predicted octanol–water partition coefficient (Wildman–Crippen LogP) is 1.46. The SMILES string of the molecule is Cc1nn(CC(=O)NC2CN(C(c3ccccc3)c3cncnc3)C2)c(=O)c2cc(C3CC3)nn12. The van der Waals surface area contributed by atoms with E-state index in [0.717, 1.165) is 29.7 Å². The van der Waals surface area contributed by atoms with Crippen LogP contribution in [0.2, 0.25) is 0 Å². The van der Waals surface area contributed by atoms with Crippen molar-refractivity contribution in [3.63, 3.8) is 0 Å². The molecule has 10 nitrogen and oxygen atoms in total. The van der Waals surface area contributed by atoms with E-state index in [1.807, 2.05) is 36.7 Å². The molecule has 1 saturated heterocycles. The van der Waals surface area contributed by atoms with E-state index in [4.69, 9.17) is 0 Å². The molecule has 35 heavy (non-hydrogen) atoms. The van der Waals surface area contributed by atoms with E-state index in [2.05, 4.69) is 42.5 Å². The van der Waals surface area contributed by atoms with Gasteiger partial charge in [-0.3, -0.25) is 14.5 Å². The van der Waals surface area contributed by atoms with Gasteiger partial charge in [0.1, 0.15) is 24.2 Å². The Balaban J connectivity index is 1.13. The van der Waals surface area contributed by atoms with E-state index in [0.29, 0.717) is 30.3 Å². The number of likely N-dealkylation sites (tertiary alicyclic amines) is 1. The fraction of sp³-hybridized carbons (Fsp3) is 0.360. The number of benzene rings is 1. The van der Waals surface area contributed by atoms with Crippen molar-refractivity contribution in [1.29, 1.82) is 0 Å². The molecule has 1 atom stereocenters. The summed E-state index contributed by atoms with van der Waals surface area (Å²) in [7, 11) is 0. The van der Waals surface area contributed by atoms with Gasteiger partial charge in [-0.1, -0.05) is 30.3 Å². The Kier molecular flexibility index (Phi) is 5.37. The summed E-state index contributed by atoms with van der Waals surface area (Å²) < 4.78 is 2.83. The summed E-state index contributed by atoms with van der Waals surface area (Å²) in [6, 6.07) is 12.1. The lowest BCUT2D eigenvalue weighted by Crippen LogP contribution is -2.60. The largest absolute Gasteiger partial charge is 0.349 e. The molecular weight excluding hydrogens is 444 g/mol. The molecule has 1 aliphatic carbocycles. The third-order valence-corrected chi connectivity index (χ3v) is 6.69. The van der Waals surface area contributed by atoms with Crippen LogP contribution in [0.25, 0.3) is 5.52 Å². The van der Waals surface area contributed by atoms with Gasteiger partial charge in [0, 0.05) is 37.0 Å². The molecular formula is C25H26N8O2. The fourth-order valence-electron chi connectivity index (χ4n) is 4.80. The van der Waals surface area contributed by atoms with Gasteiger partial charge in [0.15, 0.2) is 0 Å². The van der Waals surface area contributed by atoms with Gasteiger partial charge in [-0.25, -0.2) is 19.2 Å². The second-order valence-corrected chi connectivity index (χ2v) is 9.35. The standard InChI is InChI=1S/C25H26N8O2/c1-16-29-32(25(35)22-9-21(17-7-8-17)30-33(16)22)14-23(34)28-20-12-31(13-20)24(18-5-3-2-4-6-18)19-10-26-15-27-11-19/h2-6,9-11,15,17,20,24H,7-8,12-14H2,1H3,(H,28,34). The molecule has 1 unspecified atom stereocenters. The van der Waals surface area contributed by atoms with Gasteiger partial charge >= 0.3 is 0 Å². The lowest BCUT2D eigenvalue weighted by atomic mass is 9.95. The number of nitrogens with zero attached hydrogens (tertiary/aromatic N) is 7. The van der Waals surface area contributed by atoms with Crippen molar-refractivity contribution < 1.29 is 4.79 Å². The van der Waals surface area contributed by atoms with Crippen LogP contribution >= 0.6 is 0 Å². The van der Waals surface area contributed by atoms with Crippen molar-refractivity contribution in [2.24, 2.45) is 0 Å². The zero-order chi connectivity index (χ0) is 23.9. The number of hydrogen-bond acceptors (Lipinski definition) is 7. The highest BCUT2D eigenvalue weighted by atomic mass is 16.2. The Hall–Kier alpha value is -3.92. The first-order valence-electron chi connectivity index (χ1n) is 11.9. The first kappa shape index (κ1) is 21.6. The average Bonchev–Trinajstić information content (AvgIpc) is 3.60. The number of nitrogens with one attached hydrogen (secondary N) is 1. The lowest BCUT2D eigenvalue weighted by Gasteiger charge is -2.44. The van der Waals surface area contributed by atoms with Gasteiger partial charge in [-0.15, -0.1) is 0 Å². The topological polar surface area (TPSA) is 110 Å². The molecule has 1 saturated carbocycles. The molecule has 2 fully saturated rings. The van der Waals surface area contributed by atoms with Gasteiger partial charge in [0.25, 0.3) is 5.56 Å². The van der Waals surface area contributed by atoms with Crippen LogP contribution in [0.4, 0.5) is 0 Å². The quantitative estimate of drug-likeness (QED) is 0.435. The van der Waals surface area contributed by atoms with Crippen LogP contribution < -0.4 is 10.9 Å². The van der Waals surface area contributed by atoms with Crippen molar-refractivity contribution in [3.8, 4) is 0 Å². The highest BCUT2D eigenvalue weighted by Crippen LogP contribution is 2.39. The molecule has 1 aromatic carbocycles. The highest BCUT2D eigenvalue weighted by Gasteiger charge is 2.35. The summed E-state index contributed by atoms with van der Waals surface area (Å²) in [6.45, 7) is 3.05. The monoisotopic (exact) mass is 470 g/mol. The third-order valence-electron chi connectivity index (χ3n) is 6.69. The number of amides is 1. The zero-order valence-electron chi connectivity index (χ0n) is 19.4. The molecule has 0 bridgehead atoms. The number of fused-ring (bicyclic) bond motifs is 1. The van der Waals surface area contributed by atoms with Gasteiger partial charge in [0.05, 0.1) is 17.8 Å². The minimum absolute atomic E-state index is 0.00434. The molecule has 3 aromatic heterocycles. The number of aryl methyl sites for hydroxylation is 1. The van der Waals surface area contributed by atoms with E-state index < -0.39 is 0 Å². The molecule has 1 N–H and O–H groups in total. The smallest absolute Gasteiger partial charge is 0.293 e. The summed E-state index contributed by atoms with van der Waals surface area (Å²) >= 11 is 0. The molecule has 10 heteroatoms. The summed E-state index contributed by atoms with van der Waals surface area (Å²) in [6.07, 6.45) is 7.40. The maximum atomic E-state index is 12.9. The van der Waals surface area contributed by atoms with E-state index >= 15 is 0 Å². The van der Waals surface area contributed by atoms with Crippen molar-refractivity contribution in [1.82, 2.24) is 39.6 Å². The van der Waals surface area contributed by atoms with Crippen LogP contribution in [0.1, 0.15) is 47.4 Å². The van der Waals surface area contributed by atoms with Crippen LogP contribution in [-0.4, -0.2) is 59.3 Å². The van der Waals surface area contributed by atoms with Gasteiger partial charge < -0.3 is 5.32 Å². The first-order valence-corrected chi connectivity index (χ1v) is 11.9. The van der Waals surface area contributed by atoms with Gasteiger partial charge in [-0.05, 0) is 31.4 Å². The van der Waals surface area contributed by atoms with Crippen LogP contribution in [0.5, 0.6) is 0 Å². The van der Waals surface area contributed by atoms with Gasteiger partial charge in [-0.2, -0.15) is 10.2 Å². The summed E-state index contributed by atoms with van der Waals surface area (Å²) in [5, 5.41) is 11.9. The first-order chi connectivity index (χ1) is 17.1. The second-order valence-electron chi connectivity index (χ2n) is 9.35. The van der Waals surface area contributed by atoms with Crippen molar-refractivity contribution in [3.05, 3.63) is 88.1 Å². The minimum atomic E-state index is -0.298. The Morgan fingerprint density at radius 1 is 1.09 bits per heavy atom. The summed E-state index contributed by atoms with van der Waals surface area (Å²) in [5.74, 6) is 0.799. The van der Waals surface area contributed by atoms with Crippen molar-refractivity contribution in [2.45, 2.75) is 44.3 Å². The normalized spacial score (nSPS) is 17.3. The molecule has 1 aliphatic heterocycles. The van der Waals surface area contributed by atoms with Crippen molar-refractivity contribution in [2.75, 3.05) is 13.1 Å². The number of rotatable bonds is 7. The van der Waals surface area contributed by atoms with E-state index in [9.17, 15) is 9.59 Å². The molecule has 2 aliphatic rings. The number of aromatic nitrogens is 6. The zero-order valence-corrected chi connectivity index (χ0v) is 19.4. The van der Waals surface area contributed by atoms with Crippen LogP contribution in [0.3, 0.4) is 0 Å². The third kappa shape index (κ3) is 4.21. The summed E-state index contributed by atoms with van der Waals surface area (Å²) in [5.41, 5.74) is 3.26. The molecule has 6 rings (SSSR count). The molecule has 4 heterocycles. The lowest BCUT2D eigenvalue weighted by molar-refractivity contribution is -0.124. The van der Waals surface area contributed by atoms with E-state index in [1.165, 1.54) is 11.0 Å². The maximum Gasteiger partial charge on any atom is 0.293 e. The number of hydrogen-bond donors (Lipinski definition) is 1. The number of carbonyl (C=O) groups excluding carboxylic acids is 1. The second kappa shape index (κ2) is 8.70. The Labute approximate surface area is 201 Å². The molecule has 0 radical (unpaired) electrons. The molecule has 0 spiro atoms. The Morgan fingerprint density at radius 2 is 1.83 bits per heavy atom. The van der Waals surface area contributed by atoms with Gasteiger partial charge in [0.2, 0.25) is 5.91 Å². The van der Waals surface area contributed by atoms with Crippen LogP contribution in [0.15, 0.2) is 59.9 Å². The maximum absolute atomic E-state index is 12.9. The summed E-state index contributed by atoms with van der Waals surface area (Å²) in [4.78, 5) is 36.4. The van der Waals surface area contributed by atoms with E-state index in [1.54, 1.807) is 11.4 Å². The fourth-order valence-corrected chi connectivity index (χ4v) is 4.80. The van der Waals surface area contributed by atoms with Crippen LogP contribution in [0, 0.1) is 6.92 Å². The van der Waals surface area contributed by atoms with Crippen LogP contribution in [-0.2, 0) is 11.3 Å². The predicted molar refractivity (Wildman–Crippen MR) is 128 cm³/mol. The minimum Gasteiger partial charge on any atom is -0.349 e. The molecule has 1 amide bonds. The Bertz CT molecular complexity index is 1380. The van der Waals surface area contributed by atoms with E-state index in [-0.39, 0.29) is 30.1 Å². The number of carbonyl (C=O) groups is 1. The molecule has 4 aromatic rings. The van der Waals surface area contributed by atoms with Crippen molar-refractivity contribution >= 4 is 11.4 Å².